The average Bonchev–Trinajstić information content (AvgIpc) is 2.81. The first kappa shape index (κ1) is 14.8. The molecule has 2 aliphatic heterocycles. The fourth-order valence-corrected chi connectivity index (χ4v) is 4.98. The van der Waals surface area contributed by atoms with Crippen LogP contribution in [0.2, 0.25) is 0 Å². The van der Waals surface area contributed by atoms with Gasteiger partial charge in [0.1, 0.15) is 4.90 Å². The molecule has 0 radical (unpaired) electrons. The van der Waals surface area contributed by atoms with E-state index in [0.29, 0.717) is 11.7 Å². The zero-order chi connectivity index (χ0) is 15.0. The van der Waals surface area contributed by atoms with Gasteiger partial charge in [0.25, 0.3) is 0 Å². The minimum absolute atomic E-state index is 0.0102. The molecular formula is C15H23N3O2S. The number of benzene rings is 1. The van der Waals surface area contributed by atoms with Crippen LogP contribution in [0.15, 0.2) is 23.1 Å². The highest BCUT2D eigenvalue weighted by atomic mass is 32.2. The third-order valence-corrected chi connectivity index (χ3v) is 6.18. The number of hydrogen-bond acceptors (Lipinski definition) is 4. The van der Waals surface area contributed by atoms with Crippen LogP contribution in [0, 0.1) is 6.92 Å². The van der Waals surface area contributed by atoms with Gasteiger partial charge in [-0.1, -0.05) is 12.5 Å². The summed E-state index contributed by atoms with van der Waals surface area (Å²) in [5.41, 5.74) is 7.17. The first-order valence-corrected chi connectivity index (χ1v) is 9.08. The van der Waals surface area contributed by atoms with Crippen molar-refractivity contribution in [2.24, 2.45) is 0 Å². The number of fused-ring (bicyclic) bond motifs is 1. The van der Waals surface area contributed by atoms with Crippen molar-refractivity contribution in [1.29, 1.82) is 0 Å². The van der Waals surface area contributed by atoms with Crippen molar-refractivity contribution in [3.8, 4) is 0 Å². The number of sulfonamides is 1. The lowest BCUT2D eigenvalue weighted by molar-refractivity contribution is 0.186. The topological polar surface area (TPSA) is 75.4 Å². The fraction of sp³-hybridized carbons (Fsp3) is 0.600. The summed E-state index contributed by atoms with van der Waals surface area (Å²) in [5, 5.41) is 0. The number of nitrogen functional groups attached to an aromatic ring is 1. The van der Waals surface area contributed by atoms with E-state index in [1.165, 1.54) is 12.8 Å². The van der Waals surface area contributed by atoms with Gasteiger partial charge in [-0.3, -0.25) is 4.90 Å². The monoisotopic (exact) mass is 309 g/mol. The number of anilines is 1. The third-order valence-electron chi connectivity index (χ3n) is 4.62. The fourth-order valence-electron chi connectivity index (χ4n) is 3.56. The summed E-state index contributed by atoms with van der Waals surface area (Å²) in [6.45, 7) is 3.98. The number of nitrogens with one attached hydrogen (secondary N) is 1. The van der Waals surface area contributed by atoms with Crippen molar-refractivity contribution in [3.05, 3.63) is 23.8 Å². The van der Waals surface area contributed by atoms with Crippen LogP contribution in [0.1, 0.15) is 31.2 Å². The maximum Gasteiger partial charge on any atom is 0.242 e. The molecule has 5 nitrogen and oxygen atoms in total. The van der Waals surface area contributed by atoms with E-state index in [4.69, 9.17) is 5.73 Å². The van der Waals surface area contributed by atoms with Gasteiger partial charge in [0.05, 0.1) is 5.69 Å². The van der Waals surface area contributed by atoms with Crippen molar-refractivity contribution in [2.45, 2.75) is 49.6 Å². The standard InChI is InChI=1S/C15H23N3O2S/c1-11-5-6-15(12(16)10-11)21(19,20)17-13-7-9-18-8-3-2-4-14(13)18/h5-6,10,13-14,17H,2-4,7-9,16H2,1H3. The Labute approximate surface area is 126 Å². The molecule has 0 bridgehead atoms. The zero-order valence-corrected chi connectivity index (χ0v) is 13.2. The second-order valence-electron chi connectivity index (χ2n) is 6.16. The Kier molecular flexibility index (Phi) is 3.94. The molecule has 2 saturated heterocycles. The van der Waals surface area contributed by atoms with E-state index < -0.39 is 10.0 Å². The summed E-state index contributed by atoms with van der Waals surface area (Å²) in [6, 6.07) is 5.44. The molecule has 2 aliphatic rings. The van der Waals surface area contributed by atoms with E-state index in [9.17, 15) is 8.42 Å². The Morgan fingerprint density at radius 3 is 2.81 bits per heavy atom. The predicted molar refractivity (Wildman–Crippen MR) is 83.5 cm³/mol. The number of nitrogens with zero attached hydrogens (tertiary/aromatic N) is 1. The Morgan fingerprint density at radius 2 is 2.05 bits per heavy atom. The first-order valence-electron chi connectivity index (χ1n) is 7.60. The summed E-state index contributed by atoms with van der Waals surface area (Å²) >= 11 is 0. The third kappa shape index (κ3) is 2.93. The molecule has 2 fully saturated rings. The highest BCUT2D eigenvalue weighted by molar-refractivity contribution is 7.89. The van der Waals surface area contributed by atoms with Gasteiger partial charge in [0.2, 0.25) is 10.0 Å². The summed E-state index contributed by atoms with van der Waals surface area (Å²) in [6.07, 6.45) is 4.37. The number of piperidine rings is 1. The van der Waals surface area contributed by atoms with Gasteiger partial charge in [0, 0.05) is 18.6 Å². The molecule has 0 spiro atoms. The van der Waals surface area contributed by atoms with E-state index in [0.717, 1.165) is 31.5 Å². The molecule has 1 aromatic carbocycles. The van der Waals surface area contributed by atoms with Crippen LogP contribution in [0.3, 0.4) is 0 Å². The van der Waals surface area contributed by atoms with Gasteiger partial charge in [-0.25, -0.2) is 13.1 Å². The minimum atomic E-state index is -3.54. The zero-order valence-electron chi connectivity index (χ0n) is 12.4. The lowest BCUT2D eigenvalue weighted by Crippen LogP contribution is -2.46. The molecule has 3 rings (SSSR count). The second kappa shape index (κ2) is 5.59. The molecule has 2 atom stereocenters. The number of aryl methyl sites for hydroxylation is 1. The molecule has 116 valence electrons. The van der Waals surface area contributed by atoms with Gasteiger partial charge >= 0.3 is 0 Å². The van der Waals surface area contributed by atoms with E-state index in [2.05, 4.69) is 9.62 Å². The van der Waals surface area contributed by atoms with Gasteiger partial charge in [-0.2, -0.15) is 0 Å². The Morgan fingerprint density at radius 1 is 1.24 bits per heavy atom. The summed E-state index contributed by atoms with van der Waals surface area (Å²) in [7, 11) is -3.54. The van der Waals surface area contributed by atoms with E-state index in [1.54, 1.807) is 18.2 Å². The van der Waals surface area contributed by atoms with Crippen molar-refractivity contribution in [3.63, 3.8) is 0 Å². The molecule has 0 aromatic heterocycles. The van der Waals surface area contributed by atoms with Crippen LogP contribution in [0.5, 0.6) is 0 Å². The Bertz CT molecular complexity index is 630. The van der Waals surface area contributed by atoms with E-state index in [-0.39, 0.29) is 10.9 Å². The predicted octanol–water partition coefficient (Wildman–Crippen LogP) is 1.48. The van der Waals surface area contributed by atoms with Crippen LogP contribution < -0.4 is 10.5 Å². The molecule has 1 aromatic rings. The van der Waals surface area contributed by atoms with Crippen LogP contribution >= 0.6 is 0 Å². The molecule has 6 heteroatoms. The van der Waals surface area contributed by atoms with E-state index >= 15 is 0 Å². The molecule has 21 heavy (non-hydrogen) atoms. The van der Waals surface area contributed by atoms with Crippen LogP contribution in [0.4, 0.5) is 5.69 Å². The number of rotatable bonds is 3. The average molecular weight is 309 g/mol. The highest BCUT2D eigenvalue weighted by Crippen LogP contribution is 2.29. The van der Waals surface area contributed by atoms with Gasteiger partial charge in [-0.15, -0.1) is 0 Å². The molecule has 0 aliphatic carbocycles. The van der Waals surface area contributed by atoms with Crippen molar-refractivity contribution in [2.75, 3.05) is 18.8 Å². The summed E-state index contributed by atoms with van der Waals surface area (Å²) in [4.78, 5) is 2.61. The van der Waals surface area contributed by atoms with Gasteiger partial charge in [0.15, 0.2) is 0 Å². The lowest BCUT2D eigenvalue weighted by atomic mass is 10.00. The highest BCUT2D eigenvalue weighted by Gasteiger charge is 2.38. The van der Waals surface area contributed by atoms with E-state index in [1.807, 2.05) is 6.92 Å². The lowest BCUT2D eigenvalue weighted by Gasteiger charge is -2.32. The molecule has 2 unspecified atom stereocenters. The molecular weight excluding hydrogens is 286 g/mol. The van der Waals surface area contributed by atoms with Crippen LogP contribution in [0.25, 0.3) is 0 Å². The maximum absolute atomic E-state index is 12.6. The second-order valence-corrected chi connectivity index (χ2v) is 7.84. The molecule has 0 saturated carbocycles. The molecule has 0 amide bonds. The first-order chi connectivity index (χ1) is 9.97. The largest absolute Gasteiger partial charge is 0.398 e. The van der Waals surface area contributed by atoms with Gasteiger partial charge < -0.3 is 5.73 Å². The SMILES string of the molecule is Cc1ccc(S(=O)(=O)NC2CCN3CCCCC23)c(N)c1. The van der Waals surface area contributed by atoms with Crippen LogP contribution in [-0.2, 0) is 10.0 Å². The summed E-state index contributed by atoms with van der Waals surface area (Å²) in [5.74, 6) is 0. The van der Waals surface area contributed by atoms with Gasteiger partial charge in [-0.05, 0) is 50.4 Å². The Balaban J connectivity index is 1.80. The maximum atomic E-state index is 12.6. The minimum Gasteiger partial charge on any atom is -0.398 e. The summed E-state index contributed by atoms with van der Waals surface area (Å²) < 4.78 is 28.1. The molecule has 3 N–H and O–H groups in total. The smallest absolute Gasteiger partial charge is 0.242 e. The number of hydrogen-bond donors (Lipinski definition) is 2. The normalized spacial score (nSPS) is 26.7. The quantitative estimate of drug-likeness (QED) is 0.829. The van der Waals surface area contributed by atoms with Crippen LogP contribution in [-0.4, -0.2) is 38.5 Å². The van der Waals surface area contributed by atoms with Crippen molar-refractivity contribution < 1.29 is 8.42 Å². The Hall–Kier alpha value is -1.11. The van der Waals surface area contributed by atoms with Crippen molar-refractivity contribution >= 4 is 15.7 Å². The number of nitrogens with two attached hydrogens (primary N) is 1. The van der Waals surface area contributed by atoms with Crippen molar-refractivity contribution in [1.82, 2.24) is 9.62 Å². The molecule has 2 heterocycles.